The molecule has 2 saturated heterocycles. The zero-order valence-electron chi connectivity index (χ0n) is 31.0. The van der Waals surface area contributed by atoms with Crippen LogP contribution < -0.4 is 19.7 Å². The van der Waals surface area contributed by atoms with Crippen LogP contribution in [0, 0.1) is 0 Å². The number of nitrogens with zero attached hydrogens (tertiary/aromatic N) is 7. The molecule has 0 saturated carbocycles. The van der Waals surface area contributed by atoms with Crippen LogP contribution in [-0.2, 0) is 15.1 Å². The van der Waals surface area contributed by atoms with Gasteiger partial charge in [0, 0.05) is 18.0 Å². The molecule has 2 bridgehead atoms. The Balaban J connectivity index is 1.13. The number of anilines is 2. The Hall–Kier alpha value is -6.74. The molecular formula is C43H38N8O6. The number of benzene rings is 4. The number of methoxy groups -OCH3 is 2. The van der Waals surface area contributed by atoms with Gasteiger partial charge in [-0.1, -0.05) is 72.8 Å². The SMILES string of the molecule is COc1ccc(C(OC[C@@]23CN(c4ncccn4)[C@@H]([C@H](n4cnc5c(NC(=O)c6ccccc6)ncnc54)O2)[C@@H]3O)(c2ccccc2)c2ccc(OC)cc2)cc1. The van der Waals surface area contributed by atoms with Crippen molar-refractivity contribution in [2.45, 2.75) is 29.6 Å². The molecule has 4 atom stereocenters. The standard InChI is InChI=1S/C43H38N8O6/c1-54-32-18-14-30(15-19-32)43(29-12-7-4-8-13-29,31-16-20-33(55-2)21-17-31)56-25-42-24-50(41-44-22-9-23-45-41)35(36(42)52)40(57-42)51-27-48-34-37(46-26-47-38(34)51)49-39(53)28-10-5-3-6-11-28/h3-23,26-27,35-36,40,52H,24-25H2,1-2H3,(H,46,47,49,53)/t35-,36+,40-,42-/m1/s1. The first kappa shape index (κ1) is 35.9. The van der Waals surface area contributed by atoms with E-state index in [0.717, 1.165) is 16.7 Å². The van der Waals surface area contributed by atoms with Gasteiger partial charge >= 0.3 is 0 Å². The van der Waals surface area contributed by atoms with Gasteiger partial charge < -0.3 is 34.3 Å². The van der Waals surface area contributed by atoms with Crippen LogP contribution in [0.5, 0.6) is 11.5 Å². The highest BCUT2D eigenvalue weighted by atomic mass is 16.6. The molecule has 0 radical (unpaired) electrons. The Kier molecular flexibility index (Phi) is 9.28. The monoisotopic (exact) mass is 762 g/mol. The van der Waals surface area contributed by atoms with Gasteiger partial charge in [0.1, 0.15) is 41.2 Å². The van der Waals surface area contributed by atoms with Crippen molar-refractivity contribution in [2.24, 2.45) is 0 Å². The van der Waals surface area contributed by atoms with E-state index in [1.807, 2.05) is 89.8 Å². The zero-order chi connectivity index (χ0) is 39.0. The summed E-state index contributed by atoms with van der Waals surface area (Å²) in [6, 6.07) is 35.4. The largest absolute Gasteiger partial charge is 0.497 e. The van der Waals surface area contributed by atoms with Crippen molar-refractivity contribution < 1.29 is 28.8 Å². The molecule has 14 nitrogen and oxygen atoms in total. The summed E-state index contributed by atoms with van der Waals surface area (Å²) in [5, 5.41) is 15.3. The smallest absolute Gasteiger partial charge is 0.256 e. The third-order valence-corrected chi connectivity index (χ3v) is 10.7. The van der Waals surface area contributed by atoms with E-state index < -0.39 is 29.6 Å². The number of carbonyl (C=O) groups is 1. The predicted molar refractivity (Wildman–Crippen MR) is 210 cm³/mol. The predicted octanol–water partition coefficient (Wildman–Crippen LogP) is 5.41. The molecule has 7 aromatic rings. The number of hydrogen-bond acceptors (Lipinski definition) is 12. The molecule has 9 rings (SSSR count). The van der Waals surface area contributed by atoms with Crippen LogP contribution in [0.15, 0.2) is 140 Å². The highest BCUT2D eigenvalue weighted by molar-refractivity contribution is 6.06. The van der Waals surface area contributed by atoms with Gasteiger partial charge in [0.15, 0.2) is 23.2 Å². The molecule has 0 aliphatic carbocycles. The molecule has 2 aliphatic rings. The molecule has 57 heavy (non-hydrogen) atoms. The fourth-order valence-electron chi connectivity index (χ4n) is 7.93. The van der Waals surface area contributed by atoms with Gasteiger partial charge in [0.2, 0.25) is 5.95 Å². The highest BCUT2D eigenvalue weighted by Gasteiger charge is 2.65. The summed E-state index contributed by atoms with van der Waals surface area (Å²) < 4.78 is 27.1. The van der Waals surface area contributed by atoms with E-state index >= 15 is 0 Å². The lowest BCUT2D eigenvalue weighted by molar-refractivity contribution is -0.157. The number of amides is 1. The van der Waals surface area contributed by atoms with E-state index in [1.165, 1.54) is 6.33 Å². The molecule has 5 heterocycles. The van der Waals surface area contributed by atoms with Crippen LogP contribution in [-0.4, -0.2) is 85.6 Å². The number of morpholine rings is 1. The highest BCUT2D eigenvalue weighted by Crippen LogP contribution is 2.50. The molecule has 0 spiro atoms. The van der Waals surface area contributed by atoms with Crippen molar-refractivity contribution in [3.8, 4) is 11.5 Å². The van der Waals surface area contributed by atoms with Crippen molar-refractivity contribution >= 4 is 28.8 Å². The summed E-state index contributed by atoms with van der Waals surface area (Å²) in [6.07, 6.45) is 4.36. The third kappa shape index (κ3) is 6.20. The minimum Gasteiger partial charge on any atom is -0.497 e. The number of ether oxygens (including phenoxy) is 4. The topological polar surface area (TPSA) is 159 Å². The molecule has 1 amide bonds. The minimum absolute atomic E-state index is 0.0581. The first-order valence-corrected chi connectivity index (χ1v) is 18.4. The first-order valence-electron chi connectivity index (χ1n) is 18.4. The quantitative estimate of drug-likeness (QED) is 0.153. The lowest BCUT2D eigenvalue weighted by Gasteiger charge is -2.41. The van der Waals surface area contributed by atoms with E-state index in [9.17, 15) is 9.90 Å². The number of rotatable bonds is 12. The first-order chi connectivity index (χ1) is 27.9. The van der Waals surface area contributed by atoms with Crippen LogP contribution in [0.2, 0.25) is 0 Å². The second kappa shape index (κ2) is 14.7. The maximum absolute atomic E-state index is 13.1. The van der Waals surface area contributed by atoms with Crippen molar-refractivity contribution in [1.29, 1.82) is 0 Å². The van der Waals surface area contributed by atoms with Gasteiger partial charge in [0.25, 0.3) is 5.91 Å². The number of fused-ring (bicyclic) bond motifs is 3. The van der Waals surface area contributed by atoms with Gasteiger partial charge in [-0.05, 0) is 59.2 Å². The van der Waals surface area contributed by atoms with Gasteiger partial charge in [0.05, 0.1) is 33.7 Å². The molecule has 14 heteroatoms. The van der Waals surface area contributed by atoms with E-state index in [2.05, 4.69) is 30.2 Å². The maximum atomic E-state index is 13.1. The Morgan fingerprint density at radius 3 is 2.05 bits per heavy atom. The second-order valence-electron chi connectivity index (χ2n) is 13.8. The molecule has 0 unspecified atom stereocenters. The summed E-state index contributed by atoms with van der Waals surface area (Å²) in [4.78, 5) is 37.7. The average Bonchev–Trinajstić information content (AvgIpc) is 3.93. The lowest BCUT2D eigenvalue weighted by atomic mass is 9.79. The molecule has 2 fully saturated rings. The van der Waals surface area contributed by atoms with Crippen LogP contribution in [0.1, 0.15) is 33.3 Å². The van der Waals surface area contributed by atoms with Gasteiger partial charge in [-0.15, -0.1) is 0 Å². The number of nitrogens with one attached hydrogen (secondary N) is 1. The summed E-state index contributed by atoms with van der Waals surface area (Å²) in [5.41, 5.74) is 1.29. The minimum atomic E-state index is -1.29. The van der Waals surface area contributed by atoms with Gasteiger partial charge in [-0.25, -0.2) is 24.9 Å². The number of imidazole rings is 1. The van der Waals surface area contributed by atoms with Crippen LogP contribution in [0.3, 0.4) is 0 Å². The molecule has 286 valence electrons. The maximum Gasteiger partial charge on any atom is 0.256 e. The Morgan fingerprint density at radius 1 is 0.807 bits per heavy atom. The van der Waals surface area contributed by atoms with Gasteiger partial charge in [-0.2, -0.15) is 0 Å². The van der Waals surface area contributed by atoms with Crippen LogP contribution in [0.4, 0.5) is 11.8 Å². The summed E-state index contributed by atoms with van der Waals surface area (Å²) in [7, 11) is 3.26. The third-order valence-electron chi connectivity index (χ3n) is 10.7. The summed E-state index contributed by atoms with van der Waals surface area (Å²) >= 11 is 0. The van der Waals surface area contributed by atoms with E-state index in [0.29, 0.717) is 34.2 Å². The number of hydrogen-bond donors (Lipinski definition) is 2. The lowest BCUT2D eigenvalue weighted by Crippen LogP contribution is -2.51. The number of aliphatic hydroxyl groups is 1. The Labute approximate surface area is 327 Å². The van der Waals surface area contributed by atoms with E-state index in [1.54, 1.807) is 67.8 Å². The molecular weight excluding hydrogens is 725 g/mol. The molecule has 2 N–H and O–H groups in total. The zero-order valence-corrected chi connectivity index (χ0v) is 31.0. The summed E-state index contributed by atoms with van der Waals surface area (Å²) in [6.45, 7) is 0.160. The van der Waals surface area contributed by atoms with Crippen molar-refractivity contribution in [3.63, 3.8) is 0 Å². The summed E-state index contributed by atoms with van der Waals surface area (Å²) in [5.74, 6) is 1.72. The van der Waals surface area contributed by atoms with Crippen LogP contribution in [0.25, 0.3) is 11.2 Å². The average molecular weight is 763 g/mol. The van der Waals surface area contributed by atoms with Gasteiger partial charge in [-0.3, -0.25) is 9.36 Å². The Bertz CT molecular complexity index is 2440. The molecule has 3 aromatic heterocycles. The van der Waals surface area contributed by atoms with Crippen molar-refractivity contribution in [3.05, 3.63) is 163 Å². The molecule has 4 aromatic carbocycles. The van der Waals surface area contributed by atoms with E-state index in [4.69, 9.17) is 18.9 Å². The van der Waals surface area contributed by atoms with E-state index in [-0.39, 0.29) is 24.9 Å². The number of aromatic nitrogens is 6. The van der Waals surface area contributed by atoms with Crippen molar-refractivity contribution in [2.75, 3.05) is 37.6 Å². The fourth-order valence-corrected chi connectivity index (χ4v) is 7.93. The second-order valence-corrected chi connectivity index (χ2v) is 13.8. The fraction of sp³-hybridized carbons (Fsp3) is 0.209. The molecule has 2 aliphatic heterocycles. The van der Waals surface area contributed by atoms with Crippen LogP contribution >= 0.6 is 0 Å². The Morgan fingerprint density at radius 2 is 1.42 bits per heavy atom. The number of aliphatic hydroxyl groups excluding tert-OH is 1. The van der Waals surface area contributed by atoms with Crippen molar-refractivity contribution in [1.82, 2.24) is 29.5 Å². The normalized spacial score (nSPS) is 20.1. The number of carbonyl (C=O) groups excluding carboxylic acids is 1.